The highest BCUT2D eigenvalue weighted by Gasteiger charge is 2.20. The second-order valence-corrected chi connectivity index (χ2v) is 13.7. The van der Waals surface area contributed by atoms with E-state index in [0.29, 0.717) is 45.9 Å². The Hall–Kier alpha value is -4.88. The summed E-state index contributed by atoms with van der Waals surface area (Å²) in [5, 5.41) is 8.22. The molecule has 0 atom stereocenters. The van der Waals surface area contributed by atoms with Crippen LogP contribution in [0, 0.1) is 0 Å². The van der Waals surface area contributed by atoms with E-state index in [4.69, 9.17) is 29.9 Å². The van der Waals surface area contributed by atoms with Crippen molar-refractivity contribution in [3.8, 4) is 20.9 Å². The summed E-state index contributed by atoms with van der Waals surface area (Å²) < 4.78 is 0. The number of hydrogen-bond acceptors (Lipinski definition) is 10. The minimum absolute atomic E-state index is 0.563. The van der Waals surface area contributed by atoms with Gasteiger partial charge in [-0.05, 0) is 70.1 Å². The van der Waals surface area contributed by atoms with E-state index in [1.807, 2.05) is 48.6 Å². The number of thiophene rings is 4. The Morgan fingerprint density at radius 3 is 1.25 bits per heavy atom. The molecule has 9 heterocycles. The van der Waals surface area contributed by atoms with E-state index in [9.17, 15) is 0 Å². The molecule has 9 rings (SSSR count). The molecule has 8 nitrogen and oxygen atoms in total. The molecule has 0 saturated carbocycles. The number of nitrogens with zero attached hydrogens (tertiary/aromatic N) is 6. The van der Waals surface area contributed by atoms with Gasteiger partial charge in [0, 0.05) is 41.8 Å². The molecule has 8 bridgehead atoms. The summed E-state index contributed by atoms with van der Waals surface area (Å²) >= 11 is 6.59. The highest BCUT2D eigenvalue weighted by atomic mass is 32.1. The molecule has 0 fully saturated rings. The third kappa shape index (κ3) is 4.55. The van der Waals surface area contributed by atoms with Gasteiger partial charge in [-0.25, -0.2) is 29.9 Å². The van der Waals surface area contributed by atoms with Crippen LogP contribution in [0.5, 0.6) is 0 Å². The van der Waals surface area contributed by atoms with Crippen LogP contribution >= 0.6 is 45.3 Å². The van der Waals surface area contributed by atoms with Gasteiger partial charge in [0.2, 0.25) is 0 Å². The lowest BCUT2D eigenvalue weighted by Crippen LogP contribution is -1.89. The van der Waals surface area contributed by atoms with Gasteiger partial charge in [0.25, 0.3) is 0 Å². The number of nitrogens with one attached hydrogen (secondary N) is 2. The Balaban J connectivity index is 1.38. The first-order valence-corrected chi connectivity index (χ1v) is 17.1. The third-order valence-corrected chi connectivity index (χ3v) is 10.7. The maximum atomic E-state index is 5.01. The predicted octanol–water partition coefficient (Wildman–Crippen LogP) is 8.65. The summed E-state index contributed by atoms with van der Waals surface area (Å²) in [6, 6.07) is 20.5. The molecule has 2 aliphatic rings. The lowest BCUT2D eigenvalue weighted by atomic mass is 10.2. The van der Waals surface area contributed by atoms with Gasteiger partial charge in [-0.15, -0.1) is 45.3 Å². The molecule has 0 spiro atoms. The molecule has 12 heteroatoms. The van der Waals surface area contributed by atoms with Crippen LogP contribution in [-0.4, -0.2) is 39.9 Å². The van der Waals surface area contributed by atoms with E-state index in [2.05, 4.69) is 55.8 Å². The van der Waals surface area contributed by atoms with Crippen molar-refractivity contribution in [2.45, 2.75) is 0 Å². The lowest BCUT2D eigenvalue weighted by Gasteiger charge is -1.95. The van der Waals surface area contributed by atoms with Crippen LogP contribution in [0.2, 0.25) is 0 Å². The molecular formula is C32H18N8S4. The van der Waals surface area contributed by atoms with Crippen molar-refractivity contribution in [1.29, 1.82) is 0 Å². The van der Waals surface area contributed by atoms with Gasteiger partial charge in [0.1, 0.15) is 22.6 Å². The van der Waals surface area contributed by atoms with E-state index in [-0.39, 0.29) is 0 Å². The Labute approximate surface area is 265 Å². The Bertz CT molecular complexity index is 2210. The average Bonchev–Trinajstić information content (AvgIpc) is 3.86. The normalized spacial score (nSPS) is 12.8. The minimum Gasteiger partial charge on any atom is -0.324 e. The van der Waals surface area contributed by atoms with Crippen molar-refractivity contribution in [2.24, 2.45) is 0 Å². The number of aromatic amines is 2. The smallest absolute Gasteiger partial charge is 0.165 e. The standard InChI is InChI=1S/C32H18N8S4/c1-5-21(41-9-1)17-13-25-33-29(17)37-26-14-18(22-6-2-10-42-22)31(34-26)39-28-16-20(24-8-4-12-44-24)32(36-28)40-27-15-19(30(35-27)38-25)23-7-3-11-43-23/h1-16H,(H2,33,34,35,36,37,38,39,40). The van der Waals surface area contributed by atoms with Crippen molar-refractivity contribution in [2.75, 3.05) is 0 Å². The molecule has 2 N–H and O–H groups in total. The highest BCUT2D eigenvalue weighted by molar-refractivity contribution is 7.14. The van der Waals surface area contributed by atoms with Crippen molar-refractivity contribution in [1.82, 2.24) is 39.9 Å². The van der Waals surface area contributed by atoms with E-state index >= 15 is 0 Å². The summed E-state index contributed by atoms with van der Waals surface area (Å²) in [4.78, 5) is 41.0. The first kappa shape index (κ1) is 25.6. The number of rotatable bonds is 4. The fourth-order valence-corrected chi connectivity index (χ4v) is 8.12. The van der Waals surface area contributed by atoms with Gasteiger partial charge >= 0.3 is 0 Å². The minimum atomic E-state index is 0.563. The fraction of sp³-hybridized carbons (Fsp3) is 0. The summed E-state index contributed by atoms with van der Waals surface area (Å²) in [6.07, 6.45) is 3.99. The van der Waals surface area contributed by atoms with Crippen molar-refractivity contribution >= 4 is 91.2 Å². The van der Waals surface area contributed by atoms with Gasteiger partial charge in [-0.1, -0.05) is 24.3 Å². The quantitative estimate of drug-likeness (QED) is 0.199. The molecule has 0 saturated heterocycles. The van der Waals surface area contributed by atoms with Crippen molar-refractivity contribution < 1.29 is 0 Å². The molecule has 0 amide bonds. The van der Waals surface area contributed by atoms with Crippen LogP contribution in [0.15, 0.2) is 82.2 Å². The Morgan fingerprint density at radius 2 is 0.864 bits per heavy atom. The van der Waals surface area contributed by atoms with Crippen LogP contribution in [0.4, 0.5) is 0 Å². The number of aromatic nitrogens is 8. The highest BCUT2D eigenvalue weighted by Crippen LogP contribution is 2.35. The number of fused-ring (bicyclic) bond motifs is 8. The fourth-order valence-electron chi connectivity index (χ4n) is 5.15. The van der Waals surface area contributed by atoms with Crippen LogP contribution in [0.3, 0.4) is 0 Å². The molecule has 210 valence electrons. The molecule has 7 aromatic rings. The summed E-state index contributed by atoms with van der Waals surface area (Å²) in [5.74, 6) is 2.31. The van der Waals surface area contributed by atoms with Gasteiger partial charge in [-0.2, -0.15) is 0 Å². The predicted molar refractivity (Wildman–Crippen MR) is 181 cm³/mol. The second kappa shape index (κ2) is 10.4. The zero-order valence-corrected chi connectivity index (χ0v) is 25.8. The molecule has 7 aromatic heterocycles. The van der Waals surface area contributed by atoms with Gasteiger partial charge in [-0.3, -0.25) is 0 Å². The van der Waals surface area contributed by atoms with E-state index in [1.165, 1.54) is 0 Å². The summed E-state index contributed by atoms with van der Waals surface area (Å²) in [5.41, 5.74) is 6.40. The Kier molecular flexibility index (Phi) is 6.04. The van der Waals surface area contributed by atoms with Crippen LogP contribution in [-0.2, 0) is 0 Å². The first-order chi connectivity index (χ1) is 21.7. The molecule has 44 heavy (non-hydrogen) atoms. The Morgan fingerprint density at radius 1 is 0.455 bits per heavy atom. The van der Waals surface area contributed by atoms with Crippen LogP contribution in [0.1, 0.15) is 33.1 Å². The van der Waals surface area contributed by atoms with Gasteiger partial charge in [0.15, 0.2) is 23.3 Å². The zero-order valence-electron chi connectivity index (χ0n) is 22.6. The maximum Gasteiger partial charge on any atom is 0.165 e. The van der Waals surface area contributed by atoms with Crippen LogP contribution < -0.4 is 0 Å². The summed E-state index contributed by atoms with van der Waals surface area (Å²) in [7, 11) is 0. The van der Waals surface area contributed by atoms with Crippen molar-refractivity contribution in [3.05, 3.63) is 115 Å². The molecule has 0 aromatic carbocycles. The number of H-pyrrole nitrogens is 2. The average molecular weight is 643 g/mol. The first-order valence-electron chi connectivity index (χ1n) is 13.6. The molecular weight excluding hydrogens is 625 g/mol. The van der Waals surface area contributed by atoms with Gasteiger partial charge < -0.3 is 9.97 Å². The maximum absolute atomic E-state index is 5.01. The molecule has 2 aliphatic heterocycles. The largest absolute Gasteiger partial charge is 0.324 e. The lowest BCUT2D eigenvalue weighted by molar-refractivity contribution is 1.11. The molecule has 0 radical (unpaired) electrons. The van der Waals surface area contributed by atoms with Gasteiger partial charge in [0.05, 0.1) is 0 Å². The van der Waals surface area contributed by atoms with Crippen molar-refractivity contribution in [3.63, 3.8) is 0 Å². The second-order valence-electron chi connectivity index (χ2n) is 9.89. The summed E-state index contributed by atoms with van der Waals surface area (Å²) in [6.45, 7) is 0. The molecule has 0 aliphatic carbocycles. The van der Waals surface area contributed by atoms with Crippen LogP contribution in [0.25, 0.3) is 66.8 Å². The third-order valence-electron chi connectivity index (χ3n) is 7.09. The topological polar surface area (TPSA) is 109 Å². The van der Waals surface area contributed by atoms with E-state index in [1.54, 1.807) is 45.3 Å². The monoisotopic (exact) mass is 642 g/mol. The zero-order chi connectivity index (χ0) is 29.0. The molecule has 0 unspecified atom stereocenters. The van der Waals surface area contributed by atoms with E-state index < -0.39 is 0 Å². The number of hydrogen-bond donors (Lipinski definition) is 2. The van der Waals surface area contributed by atoms with E-state index in [0.717, 1.165) is 41.8 Å². The SMILES string of the molecule is C1=C(c2cccs2)c2nc1nc1[nH]c(cc1-c1cccs1)nc1nc(nc3[nH]c(cc3-c3cccs3)n2)C=C1c1cccs1.